The van der Waals surface area contributed by atoms with E-state index in [-0.39, 0.29) is 24.1 Å². The van der Waals surface area contributed by atoms with Gasteiger partial charge in [-0.3, -0.25) is 19.2 Å². The molecule has 3 aromatic rings. The number of esters is 1. The van der Waals surface area contributed by atoms with Gasteiger partial charge in [-0.2, -0.15) is 8.42 Å². The fraction of sp³-hybridized carbons (Fsp3) is 0.286. The predicted molar refractivity (Wildman–Crippen MR) is 151 cm³/mol. The number of hydrogen-bond donors (Lipinski definition) is 0. The molecule has 0 saturated carbocycles. The summed E-state index contributed by atoms with van der Waals surface area (Å²) in [4.78, 5) is 23.3. The summed E-state index contributed by atoms with van der Waals surface area (Å²) in [5.74, 6) is -0.956. The molecule has 0 spiro atoms. The topological polar surface area (TPSA) is 171 Å². The Morgan fingerprint density at radius 3 is 2.30 bits per heavy atom. The van der Waals surface area contributed by atoms with Gasteiger partial charge in [-0.1, -0.05) is 16.8 Å². The Bertz CT molecular complexity index is 1820. The zero-order chi connectivity index (χ0) is 31.3. The van der Waals surface area contributed by atoms with E-state index in [9.17, 15) is 23.3 Å². The summed E-state index contributed by atoms with van der Waals surface area (Å²) in [6.45, 7) is -0.165. The van der Waals surface area contributed by atoms with Crippen LogP contribution >= 0.6 is 11.6 Å². The molecule has 1 fully saturated rings. The first-order valence-corrected chi connectivity index (χ1v) is 14.7. The Balaban J connectivity index is 1.51. The van der Waals surface area contributed by atoms with Crippen molar-refractivity contribution >= 4 is 39.1 Å². The Hall–Kier alpha value is -4.76. The summed E-state index contributed by atoms with van der Waals surface area (Å²) in [5, 5.41) is 15.1. The van der Waals surface area contributed by atoms with Gasteiger partial charge >= 0.3 is 16.1 Å². The van der Waals surface area contributed by atoms with Gasteiger partial charge in [0.25, 0.3) is 5.69 Å². The van der Waals surface area contributed by atoms with Gasteiger partial charge < -0.3 is 28.4 Å². The third-order valence-electron chi connectivity index (χ3n) is 7.66. The van der Waals surface area contributed by atoms with Crippen LogP contribution in [0.3, 0.4) is 0 Å². The van der Waals surface area contributed by atoms with Crippen LogP contribution in [0.25, 0.3) is 0 Å². The number of rotatable bonds is 8. The average molecular weight is 647 g/mol. The minimum atomic E-state index is -4.66. The Kier molecular flexibility index (Phi) is 7.37. The lowest BCUT2D eigenvalue weighted by Gasteiger charge is -2.34. The van der Waals surface area contributed by atoms with Crippen molar-refractivity contribution in [1.82, 2.24) is 0 Å². The van der Waals surface area contributed by atoms with Crippen LogP contribution < -0.4 is 23.7 Å². The summed E-state index contributed by atoms with van der Waals surface area (Å²) in [7, 11) is -0.246. The summed E-state index contributed by atoms with van der Waals surface area (Å²) >= 11 is 5.84. The van der Waals surface area contributed by atoms with E-state index in [1.165, 1.54) is 21.3 Å². The number of methoxy groups -OCH3 is 3. The van der Waals surface area contributed by atoms with E-state index in [1.807, 2.05) is 0 Å². The zero-order valence-electron chi connectivity index (χ0n) is 23.3. The highest BCUT2D eigenvalue weighted by Crippen LogP contribution is 2.52. The molecule has 14 nitrogen and oxygen atoms in total. The van der Waals surface area contributed by atoms with Crippen molar-refractivity contribution in [2.45, 2.75) is 10.8 Å². The molecule has 6 rings (SSSR count). The number of hydrogen-bond acceptors (Lipinski definition) is 13. The third-order valence-corrected chi connectivity index (χ3v) is 9.08. The van der Waals surface area contributed by atoms with Gasteiger partial charge in [-0.05, 0) is 47.5 Å². The standard InChI is InChI=1S/C28H23ClN2O12S/c1-37-22-6-13(7-23(38-2)27(22)39-3)24-15-9-20-21(42-12-41-20)10-16(15)26(17-11-40-28(32)25(17)24)30-43-44(35,36)14-4-5-18(29)19(8-14)31(33)34/h4-10,17,24-25H,11-12H2,1-3H3/b30-26-/t17-,24+,25+/m0/s1. The second-order valence-electron chi connectivity index (χ2n) is 9.87. The van der Waals surface area contributed by atoms with Crippen LogP contribution in [0.5, 0.6) is 28.7 Å². The Morgan fingerprint density at radius 2 is 1.66 bits per heavy atom. The summed E-state index contributed by atoms with van der Waals surface area (Å²) < 4.78 is 64.6. The fourth-order valence-electron chi connectivity index (χ4n) is 5.69. The number of carbonyl (C=O) groups is 1. The number of oxime groups is 1. The number of nitrogens with zero attached hydrogens (tertiary/aromatic N) is 2. The minimum absolute atomic E-state index is 0.0469. The molecule has 44 heavy (non-hydrogen) atoms. The molecule has 1 aliphatic carbocycles. The first-order valence-electron chi connectivity index (χ1n) is 12.9. The molecule has 0 radical (unpaired) electrons. The highest BCUT2D eigenvalue weighted by molar-refractivity contribution is 7.86. The lowest BCUT2D eigenvalue weighted by Crippen LogP contribution is -2.37. The maximum Gasteiger partial charge on any atom is 0.358 e. The lowest BCUT2D eigenvalue weighted by atomic mass is 9.66. The zero-order valence-corrected chi connectivity index (χ0v) is 24.8. The molecule has 0 aromatic heterocycles. The van der Waals surface area contributed by atoms with Crippen molar-refractivity contribution in [3.05, 3.63) is 74.3 Å². The van der Waals surface area contributed by atoms with Crippen LogP contribution in [0.15, 0.2) is 52.5 Å². The van der Waals surface area contributed by atoms with Crippen molar-refractivity contribution in [1.29, 1.82) is 0 Å². The molecule has 1 saturated heterocycles. The van der Waals surface area contributed by atoms with Crippen LogP contribution in [-0.4, -0.2) is 59.8 Å². The van der Waals surface area contributed by atoms with Gasteiger partial charge in [0.2, 0.25) is 12.5 Å². The van der Waals surface area contributed by atoms with E-state index in [2.05, 4.69) is 5.16 Å². The van der Waals surface area contributed by atoms with Gasteiger partial charge in [0.1, 0.15) is 16.5 Å². The SMILES string of the molecule is COc1cc([C@@H]2c3cc4c(cc3/C(=N/OS(=O)(=O)c3ccc(Cl)c([N+](=O)[O-])c3)[C@H]3COC(=O)[C@@H]23)OCO4)cc(OC)c1OC. The summed E-state index contributed by atoms with van der Waals surface area (Å²) in [5.41, 5.74) is 1.07. The highest BCUT2D eigenvalue weighted by Gasteiger charge is 2.52. The second kappa shape index (κ2) is 11.1. The molecule has 0 N–H and O–H groups in total. The number of cyclic esters (lactones) is 1. The molecule has 0 unspecified atom stereocenters. The highest BCUT2D eigenvalue weighted by atomic mass is 35.5. The largest absolute Gasteiger partial charge is 0.493 e. The fourth-order valence-corrected chi connectivity index (χ4v) is 6.63. The van der Waals surface area contributed by atoms with Gasteiger partial charge in [0.05, 0.1) is 43.8 Å². The van der Waals surface area contributed by atoms with Crippen molar-refractivity contribution in [3.8, 4) is 28.7 Å². The molecular weight excluding hydrogens is 624 g/mol. The van der Waals surface area contributed by atoms with Gasteiger partial charge in [0.15, 0.2) is 23.0 Å². The maximum atomic E-state index is 13.3. The molecule has 2 aliphatic heterocycles. The number of halogens is 1. The second-order valence-corrected chi connectivity index (χ2v) is 11.8. The average Bonchev–Trinajstić information content (AvgIpc) is 3.63. The van der Waals surface area contributed by atoms with E-state index in [0.717, 1.165) is 18.2 Å². The molecule has 230 valence electrons. The van der Waals surface area contributed by atoms with E-state index in [0.29, 0.717) is 45.4 Å². The van der Waals surface area contributed by atoms with Crippen LogP contribution in [0.4, 0.5) is 5.69 Å². The molecule has 3 aromatic carbocycles. The summed E-state index contributed by atoms with van der Waals surface area (Å²) in [6, 6.07) is 9.67. The minimum Gasteiger partial charge on any atom is -0.493 e. The number of nitro benzene ring substituents is 1. The quantitative estimate of drug-likeness (QED) is 0.196. The van der Waals surface area contributed by atoms with Gasteiger partial charge in [-0.25, -0.2) is 0 Å². The summed E-state index contributed by atoms with van der Waals surface area (Å²) in [6.07, 6.45) is 0. The first kappa shape index (κ1) is 29.3. The van der Waals surface area contributed by atoms with E-state index < -0.39 is 49.3 Å². The molecule has 2 heterocycles. The smallest absolute Gasteiger partial charge is 0.358 e. The molecule has 3 aliphatic rings. The van der Waals surface area contributed by atoms with E-state index >= 15 is 0 Å². The number of carbonyl (C=O) groups excluding carboxylic acids is 1. The number of benzene rings is 3. The first-order chi connectivity index (χ1) is 21.1. The van der Waals surface area contributed by atoms with Crippen molar-refractivity contribution < 1.29 is 50.8 Å². The van der Waals surface area contributed by atoms with Gasteiger partial charge in [0, 0.05) is 17.5 Å². The van der Waals surface area contributed by atoms with Crippen LogP contribution in [0, 0.1) is 22.0 Å². The monoisotopic (exact) mass is 646 g/mol. The Morgan fingerprint density at radius 1 is 0.977 bits per heavy atom. The van der Waals surface area contributed by atoms with E-state index in [4.69, 9.17) is 44.3 Å². The maximum absolute atomic E-state index is 13.3. The third kappa shape index (κ3) is 4.77. The molecule has 0 amide bonds. The van der Waals surface area contributed by atoms with Gasteiger partial charge in [-0.15, -0.1) is 0 Å². The number of fused-ring (bicyclic) bond motifs is 3. The molecule has 3 atom stereocenters. The lowest BCUT2D eigenvalue weighted by molar-refractivity contribution is -0.384. The number of ether oxygens (including phenoxy) is 6. The van der Waals surface area contributed by atoms with Crippen molar-refractivity contribution in [2.75, 3.05) is 34.7 Å². The van der Waals surface area contributed by atoms with Crippen molar-refractivity contribution in [2.24, 2.45) is 17.0 Å². The van der Waals surface area contributed by atoms with E-state index in [1.54, 1.807) is 24.3 Å². The van der Waals surface area contributed by atoms with Crippen LogP contribution in [0.2, 0.25) is 5.02 Å². The number of nitro groups is 1. The van der Waals surface area contributed by atoms with Crippen LogP contribution in [0.1, 0.15) is 22.6 Å². The van der Waals surface area contributed by atoms with Crippen molar-refractivity contribution in [3.63, 3.8) is 0 Å². The van der Waals surface area contributed by atoms with Crippen LogP contribution in [-0.2, 0) is 23.9 Å². The molecule has 16 heteroatoms. The normalized spacial score (nSPS) is 20.9. The predicted octanol–water partition coefficient (Wildman–Crippen LogP) is 4.05. The Labute approximate surface area is 255 Å². The molecule has 0 bridgehead atoms. The molecular formula is C28H23ClN2O12S.